The minimum atomic E-state index is -0.342. The van der Waals surface area contributed by atoms with E-state index in [1.807, 2.05) is 13.1 Å². The Hall–Kier alpha value is -3.26. The maximum absolute atomic E-state index is 12.8. The summed E-state index contributed by atoms with van der Waals surface area (Å²) in [7, 11) is 3.39. The molecular weight excluding hydrogens is 346 g/mol. The van der Waals surface area contributed by atoms with E-state index in [4.69, 9.17) is 4.74 Å². The molecule has 3 aromatic rings. The van der Waals surface area contributed by atoms with E-state index < -0.39 is 0 Å². The number of aromatic nitrogens is 4. The van der Waals surface area contributed by atoms with Gasteiger partial charge in [-0.2, -0.15) is 10.2 Å². The van der Waals surface area contributed by atoms with Gasteiger partial charge in [0.25, 0.3) is 11.5 Å². The van der Waals surface area contributed by atoms with Crippen LogP contribution in [-0.4, -0.2) is 39.6 Å². The number of nitrogens with zero attached hydrogens (tertiary/aromatic N) is 3. The number of H-pyrrole nitrogens is 1. The molecule has 2 heterocycles. The molecule has 0 unspecified atom stereocenters. The first kappa shape index (κ1) is 18.5. The second-order valence-electron chi connectivity index (χ2n) is 6.19. The summed E-state index contributed by atoms with van der Waals surface area (Å²) in [5.74, 6) is -0.262. The highest BCUT2D eigenvalue weighted by molar-refractivity contribution is 5.95. The molecule has 1 atom stereocenters. The molecule has 0 aliphatic rings. The third kappa shape index (κ3) is 4.12. The number of aromatic amines is 1. The molecular formula is C19H21N5O3. The summed E-state index contributed by atoms with van der Waals surface area (Å²) >= 11 is 0. The molecule has 8 heteroatoms. The predicted molar refractivity (Wildman–Crippen MR) is 100 cm³/mol. The normalized spacial score (nSPS) is 12.0. The van der Waals surface area contributed by atoms with Crippen molar-refractivity contribution in [2.24, 2.45) is 7.05 Å². The lowest BCUT2D eigenvalue weighted by Crippen LogP contribution is -2.32. The van der Waals surface area contributed by atoms with Gasteiger partial charge in [0.05, 0.1) is 29.6 Å². The van der Waals surface area contributed by atoms with Gasteiger partial charge in [0.2, 0.25) is 0 Å². The zero-order valence-electron chi connectivity index (χ0n) is 15.4. The van der Waals surface area contributed by atoms with E-state index in [9.17, 15) is 9.59 Å². The van der Waals surface area contributed by atoms with Gasteiger partial charge >= 0.3 is 0 Å². The molecule has 0 aliphatic carbocycles. The van der Waals surface area contributed by atoms with Gasteiger partial charge in [-0.15, -0.1) is 0 Å². The standard InChI is InChI=1S/C19H21N5O3/c1-12-9-15(19(26)23-22-12)13-5-4-6-14(10-13)18(25)21-16(11-27-3)17-7-8-20-24(17)2/h4-10,16H,11H2,1-3H3,(H,21,25)(H,23,26)/t16-/m0/s1. The maximum Gasteiger partial charge on any atom is 0.272 e. The van der Waals surface area contributed by atoms with E-state index in [1.54, 1.807) is 55.2 Å². The van der Waals surface area contributed by atoms with E-state index in [-0.39, 0.29) is 17.5 Å². The van der Waals surface area contributed by atoms with Crippen LogP contribution in [-0.2, 0) is 11.8 Å². The third-order valence-corrected chi connectivity index (χ3v) is 4.22. The molecule has 1 amide bonds. The highest BCUT2D eigenvalue weighted by Crippen LogP contribution is 2.18. The molecule has 2 aromatic heterocycles. The van der Waals surface area contributed by atoms with Crippen LogP contribution >= 0.6 is 0 Å². The number of ether oxygens (including phenoxy) is 1. The van der Waals surface area contributed by atoms with Gasteiger partial charge in [0.1, 0.15) is 0 Å². The summed E-state index contributed by atoms with van der Waals surface area (Å²) in [5, 5.41) is 13.4. The second-order valence-corrected chi connectivity index (χ2v) is 6.19. The summed E-state index contributed by atoms with van der Waals surface area (Å²) < 4.78 is 6.93. The van der Waals surface area contributed by atoms with Crippen LogP contribution in [0.4, 0.5) is 0 Å². The number of carbonyl (C=O) groups is 1. The van der Waals surface area contributed by atoms with Gasteiger partial charge in [-0.3, -0.25) is 14.3 Å². The number of hydrogen-bond donors (Lipinski definition) is 2. The number of hydrogen-bond acceptors (Lipinski definition) is 5. The minimum Gasteiger partial charge on any atom is -0.382 e. The van der Waals surface area contributed by atoms with Crippen molar-refractivity contribution in [1.29, 1.82) is 0 Å². The minimum absolute atomic E-state index is 0.262. The number of rotatable bonds is 6. The zero-order chi connectivity index (χ0) is 19.4. The first-order valence-electron chi connectivity index (χ1n) is 8.44. The van der Waals surface area contributed by atoms with Crippen LogP contribution in [0.1, 0.15) is 27.8 Å². The molecule has 0 bridgehead atoms. The van der Waals surface area contributed by atoms with Crippen molar-refractivity contribution in [3.63, 3.8) is 0 Å². The number of aryl methyl sites for hydroxylation is 2. The molecule has 3 rings (SSSR count). The van der Waals surface area contributed by atoms with E-state index in [0.717, 1.165) is 5.69 Å². The van der Waals surface area contributed by atoms with Crippen molar-refractivity contribution >= 4 is 5.91 Å². The van der Waals surface area contributed by atoms with Crippen LogP contribution in [0.2, 0.25) is 0 Å². The molecule has 27 heavy (non-hydrogen) atoms. The average Bonchev–Trinajstić information content (AvgIpc) is 3.09. The molecule has 0 spiro atoms. The summed E-state index contributed by atoms with van der Waals surface area (Å²) in [6, 6.07) is 10.1. The molecule has 0 radical (unpaired) electrons. The summed E-state index contributed by atoms with van der Waals surface area (Å²) in [6.07, 6.45) is 1.67. The Morgan fingerprint density at radius 3 is 2.85 bits per heavy atom. The maximum atomic E-state index is 12.8. The lowest BCUT2D eigenvalue weighted by molar-refractivity contribution is 0.0892. The average molecular weight is 367 g/mol. The summed E-state index contributed by atoms with van der Waals surface area (Å²) in [4.78, 5) is 24.8. The number of benzene rings is 1. The van der Waals surface area contributed by atoms with Crippen molar-refractivity contribution in [1.82, 2.24) is 25.3 Å². The Morgan fingerprint density at radius 2 is 2.15 bits per heavy atom. The van der Waals surface area contributed by atoms with Gasteiger partial charge in [0, 0.05) is 25.9 Å². The van der Waals surface area contributed by atoms with E-state index in [1.165, 1.54) is 0 Å². The summed E-state index contributed by atoms with van der Waals surface area (Å²) in [6.45, 7) is 2.10. The first-order valence-corrected chi connectivity index (χ1v) is 8.44. The fourth-order valence-electron chi connectivity index (χ4n) is 2.88. The molecule has 140 valence electrons. The quantitative estimate of drug-likeness (QED) is 0.689. The van der Waals surface area contributed by atoms with Crippen molar-refractivity contribution in [3.05, 3.63) is 69.9 Å². The van der Waals surface area contributed by atoms with Gasteiger partial charge in [0.15, 0.2) is 0 Å². The van der Waals surface area contributed by atoms with Crippen LogP contribution in [0, 0.1) is 6.92 Å². The lowest BCUT2D eigenvalue weighted by Gasteiger charge is -2.18. The first-order chi connectivity index (χ1) is 13.0. The van der Waals surface area contributed by atoms with E-state index >= 15 is 0 Å². The summed E-state index contributed by atoms with van der Waals surface area (Å²) in [5.41, 5.74) is 2.80. The molecule has 2 N–H and O–H groups in total. The fourth-order valence-corrected chi connectivity index (χ4v) is 2.88. The Bertz CT molecular complexity index is 1010. The van der Waals surface area contributed by atoms with Crippen molar-refractivity contribution < 1.29 is 9.53 Å². The second kappa shape index (κ2) is 7.96. The number of nitrogens with one attached hydrogen (secondary N) is 2. The van der Waals surface area contributed by atoms with Gasteiger partial charge in [-0.25, -0.2) is 5.10 Å². The lowest BCUT2D eigenvalue weighted by atomic mass is 10.0. The molecule has 0 saturated carbocycles. The monoisotopic (exact) mass is 367 g/mol. The van der Waals surface area contributed by atoms with Crippen LogP contribution < -0.4 is 10.9 Å². The third-order valence-electron chi connectivity index (χ3n) is 4.22. The van der Waals surface area contributed by atoms with Gasteiger partial charge in [-0.05, 0) is 36.8 Å². The van der Waals surface area contributed by atoms with Crippen molar-refractivity contribution in [3.8, 4) is 11.1 Å². The Morgan fingerprint density at radius 1 is 1.33 bits per heavy atom. The molecule has 0 saturated heterocycles. The number of carbonyl (C=O) groups excluding carboxylic acids is 1. The number of amides is 1. The topological polar surface area (TPSA) is 102 Å². The highest BCUT2D eigenvalue weighted by Gasteiger charge is 2.19. The highest BCUT2D eigenvalue weighted by atomic mass is 16.5. The molecule has 0 aliphatic heterocycles. The van der Waals surface area contributed by atoms with Crippen LogP contribution in [0.15, 0.2) is 47.4 Å². The SMILES string of the molecule is COC[C@H](NC(=O)c1cccc(-c2cc(C)n[nH]c2=O)c1)c1ccnn1C. The Kier molecular flexibility index (Phi) is 5.46. The van der Waals surface area contributed by atoms with Gasteiger partial charge < -0.3 is 10.1 Å². The fraction of sp³-hybridized carbons (Fsp3) is 0.263. The van der Waals surface area contributed by atoms with Crippen LogP contribution in [0.25, 0.3) is 11.1 Å². The number of methoxy groups -OCH3 is 1. The van der Waals surface area contributed by atoms with Crippen LogP contribution in [0.5, 0.6) is 0 Å². The van der Waals surface area contributed by atoms with Crippen LogP contribution in [0.3, 0.4) is 0 Å². The molecule has 1 aromatic carbocycles. The van der Waals surface area contributed by atoms with E-state index in [0.29, 0.717) is 29.0 Å². The molecule has 8 nitrogen and oxygen atoms in total. The Balaban J connectivity index is 1.88. The molecule has 0 fully saturated rings. The Labute approximate surface area is 156 Å². The van der Waals surface area contributed by atoms with E-state index in [2.05, 4.69) is 20.6 Å². The van der Waals surface area contributed by atoms with Crippen molar-refractivity contribution in [2.75, 3.05) is 13.7 Å². The largest absolute Gasteiger partial charge is 0.382 e. The van der Waals surface area contributed by atoms with Crippen molar-refractivity contribution in [2.45, 2.75) is 13.0 Å². The predicted octanol–water partition coefficient (Wildman–Crippen LogP) is 1.60. The van der Waals surface area contributed by atoms with Gasteiger partial charge in [-0.1, -0.05) is 12.1 Å². The zero-order valence-corrected chi connectivity index (χ0v) is 15.4. The smallest absolute Gasteiger partial charge is 0.272 e.